The number of carbonyl (C=O) groups is 1. The molecular weight excluding hydrogens is 268 g/mol. The lowest BCUT2D eigenvalue weighted by Crippen LogP contribution is -2.57. The largest absolute Gasteiger partial charge is 0.497 e. The summed E-state index contributed by atoms with van der Waals surface area (Å²) in [5.74, 6) is 1.35. The maximum Gasteiger partial charge on any atom is 0.182 e. The van der Waals surface area contributed by atoms with Crippen LogP contribution in [-0.4, -0.2) is 56.6 Å². The van der Waals surface area contributed by atoms with Crippen molar-refractivity contribution in [1.82, 2.24) is 10.2 Å². The number of methoxy groups -OCH3 is 2. The molecule has 2 rings (SSSR count). The first-order valence-corrected chi connectivity index (χ1v) is 7.22. The number of ether oxygens (including phenoxy) is 2. The molecule has 0 radical (unpaired) electrons. The van der Waals surface area contributed by atoms with E-state index in [9.17, 15) is 4.79 Å². The monoisotopic (exact) mass is 292 g/mol. The highest BCUT2D eigenvalue weighted by atomic mass is 16.5. The Labute approximate surface area is 126 Å². The van der Waals surface area contributed by atoms with Gasteiger partial charge >= 0.3 is 0 Å². The van der Waals surface area contributed by atoms with Gasteiger partial charge in [0.15, 0.2) is 5.78 Å². The Hall–Kier alpha value is -1.59. The van der Waals surface area contributed by atoms with E-state index >= 15 is 0 Å². The number of piperazine rings is 1. The summed E-state index contributed by atoms with van der Waals surface area (Å²) in [6.07, 6.45) is 0. The molecule has 1 N–H and O–H groups in total. The van der Waals surface area contributed by atoms with E-state index in [1.165, 1.54) is 0 Å². The van der Waals surface area contributed by atoms with Gasteiger partial charge in [0.05, 0.1) is 19.8 Å². The van der Waals surface area contributed by atoms with Gasteiger partial charge in [-0.05, 0) is 26.0 Å². The molecule has 116 valence electrons. The van der Waals surface area contributed by atoms with E-state index in [2.05, 4.69) is 10.2 Å². The highest BCUT2D eigenvalue weighted by Crippen LogP contribution is 2.27. The first-order valence-electron chi connectivity index (χ1n) is 7.22. The molecule has 5 heteroatoms. The highest BCUT2D eigenvalue weighted by molar-refractivity contribution is 6.03. The Balaban J connectivity index is 2.29. The molecule has 1 aliphatic heterocycles. The van der Waals surface area contributed by atoms with Crippen molar-refractivity contribution in [2.75, 3.05) is 40.4 Å². The van der Waals surface area contributed by atoms with E-state index in [1.54, 1.807) is 32.4 Å². The smallest absolute Gasteiger partial charge is 0.182 e. The third-order valence-corrected chi connectivity index (χ3v) is 4.08. The van der Waals surface area contributed by atoms with Crippen molar-refractivity contribution in [3.05, 3.63) is 23.8 Å². The van der Waals surface area contributed by atoms with Crippen LogP contribution in [0.15, 0.2) is 18.2 Å². The predicted octanol–water partition coefficient (Wildman–Crippen LogP) is 1.57. The molecule has 0 amide bonds. The second-order valence-corrected chi connectivity index (χ2v) is 5.73. The number of hydrogen-bond acceptors (Lipinski definition) is 5. The van der Waals surface area contributed by atoms with Gasteiger partial charge in [-0.2, -0.15) is 0 Å². The number of nitrogens with zero attached hydrogens (tertiary/aromatic N) is 1. The van der Waals surface area contributed by atoms with Gasteiger partial charge in [0, 0.05) is 37.8 Å². The third-order valence-electron chi connectivity index (χ3n) is 4.08. The molecule has 1 saturated heterocycles. The molecule has 0 spiro atoms. The van der Waals surface area contributed by atoms with Crippen LogP contribution < -0.4 is 14.8 Å². The standard InChI is InChI=1S/C16H24N2O3/c1-16(2,18-7-5-17-6-8-18)15(19)12-9-13(20-3)11-14(10-12)21-4/h9-11,17H,5-8H2,1-4H3. The van der Waals surface area contributed by atoms with Crippen molar-refractivity contribution >= 4 is 5.78 Å². The van der Waals surface area contributed by atoms with E-state index in [0.29, 0.717) is 17.1 Å². The van der Waals surface area contributed by atoms with Crippen LogP contribution >= 0.6 is 0 Å². The lowest BCUT2D eigenvalue weighted by Gasteiger charge is -2.40. The summed E-state index contributed by atoms with van der Waals surface area (Å²) in [6.45, 7) is 7.54. The van der Waals surface area contributed by atoms with E-state index in [1.807, 2.05) is 13.8 Å². The molecule has 1 aromatic carbocycles. The van der Waals surface area contributed by atoms with Crippen LogP contribution in [0, 0.1) is 0 Å². The van der Waals surface area contributed by atoms with Crippen LogP contribution in [0.1, 0.15) is 24.2 Å². The maximum absolute atomic E-state index is 12.9. The average molecular weight is 292 g/mol. The summed E-state index contributed by atoms with van der Waals surface area (Å²) in [5, 5.41) is 3.31. The number of rotatable bonds is 5. The zero-order valence-corrected chi connectivity index (χ0v) is 13.2. The van der Waals surface area contributed by atoms with Gasteiger partial charge in [0.25, 0.3) is 0 Å². The number of benzene rings is 1. The topological polar surface area (TPSA) is 50.8 Å². The third kappa shape index (κ3) is 3.36. The summed E-state index contributed by atoms with van der Waals surface area (Å²) in [7, 11) is 3.18. The molecule has 1 fully saturated rings. The SMILES string of the molecule is COc1cc(OC)cc(C(=O)C(C)(C)N2CCNCC2)c1. The van der Waals surface area contributed by atoms with E-state index in [-0.39, 0.29) is 5.78 Å². The normalized spacial score (nSPS) is 16.6. The Morgan fingerprint density at radius 1 is 1.10 bits per heavy atom. The molecule has 1 aromatic rings. The van der Waals surface area contributed by atoms with E-state index in [4.69, 9.17) is 9.47 Å². The first-order chi connectivity index (χ1) is 9.98. The predicted molar refractivity (Wildman–Crippen MR) is 82.4 cm³/mol. The van der Waals surface area contributed by atoms with Crippen molar-refractivity contribution in [2.45, 2.75) is 19.4 Å². The summed E-state index contributed by atoms with van der Waals surface area (Å²) >= 11 is 0. The number of Topliss-reactive ketones (excluding diaryl/α,β-unsaturated/α-hetero) is 1. The summed E-state index contributed by atoms with van der Waals surface area (Å²) in [5.41, 5.74) is 0.0779. The summed E-state index contributed by atoms with van der Waals surface area (Å²) < 4.78 is 10.5. The minimum absolute atomic E-state index is 0.0848. The fourth-order valence-electron chi connectivity index (χ4n) is 2.66. The van der Waals surface area contributed by atoms with Gasteiger partial charge in [-0.25, -0.2) is 0 Å². The lowest BCUT2D eigenvalue weighted by molar-refractivity contribution is 0.0602. The molecule has 21 heavy (non-hydrogen) atoms. The highest BCUT2D eigenvalue weighted by Gasteiger charge is 2.36. The zero-order chi connectivity index (χ0) is 15.5. The molecule has 5 nitrogen and oxygen atoms in total. The average Bonchev–Trinajstić information content (AvgIpc) is 2.54. The Morgan fingerprint density at radius 3 is 2.10 bits per heavy atom. The molecule has 0 saturated carbocycles. The van der Waals surface area contributed by atoms with Gasteiger partial charge in [-0.15, -0.1) is 0 Å². The lowest BCUT2D eigenvalue weighted by atomic mass is 9.90. The number of hydrogen-bond donors (Lipinski definition) is 1. The van der Waals surface area contributed by atoms with Crippen molar-refractivity contribution in [1.29, 1.82) is 0 Å². The van der Waals surface area contributed by atoms with E-state index in [0.717, 1.165) is 26.2 Å². The van der Waals surface area contributed by atoms with E-state index < -0.39 is 5.54 Å². The molecule has 1 heterocycles. The Kier molecular flexibility index (Phi) is 4.85. The van der Waals surface area contributed by atoms with Gasteiger partial charge < -0.3 is 14.8 Å². The molecule has 0 aromatic heterocycles. The fourth-order valence-corrected chi connectivity index (χ4v) is 2.66. The quantitative estimate of drug-likeness (QED) is 0.835. The van der Waals surface area contributed by atoms with Gasteiger partial charge in [0.2, 0.25) is 0 Å². The number of ketones is 1. The fraction of sp³-hybridized carbons (Fsp3) is 0.562. The van der Waals surface area contributed by atoms with Crippen LogP contribution in [0.2, 0.25) is 0 Å². The molecule has 1 aliphatic rings. The summed E-state index contributed by atoms with van der Waals surface area (Å²) in [6, 6.07) is 5.32. The molecule has 0 aliphatic carbocycles. The van der Waals surface area contributed by atoms with Crippen LogP contribution in [0.25, 0.3) is 0 Å². The second kappa shape index (κ2) is 6.45. The zero-order valence-electron chi connectivity index (χ0n) is 13.2. The second-order valence-electron chi connectivity index (χ2n) is 5.73. The van der Waals surface area contributed by atoms with Gasteiger partial charge in [-0.1, -0.05) is 0 Å². The number of carbonyl (C=O) groups excluding carboxylic acids is 1. The molecule has 0 atom stereocenters. The van der Waals surface area contributed by atoms with Crippen LogP contribution in [0.5, 0.6) is 11.5 Å². The van der Waals surface area contributed by atoms with Crippen LogP contribution in [0.3, 0.4) is 0 Å². The van der Waals surface area contributed by atoms with Gasteiger partial charge in [-0.3, -0.25) is 9.69 Å². The molecule has 0 unspecified atom stereocenters. The van der Waals surface area contributed by atoms with Crippen molar-refractivity contribution < 1.29 is 14.3 Å². The first kappa shape index (κ1) is 15.8. The summed E-state index contributed by atoms with van der Waals surface area (Å²) in [4.78, 5) is 15.1. The van der Waals surface area contributed by atoms with Crippen LogP contribution in [0.4, 0.5) is 0 Å². The Morgan fingerprint density at radius 2 is 1.62 bits per heavy atom. The minimum atomic E-state index is -0.542. The molecule has 0 bridgehead atoms. The van der Waals surface area contributed by atoms with Crippen molar-refractivity contribution in [3.63, 3.8) is 0 Å². The number of nitrogens with one attached hydrogen (secondary N) is 1. The van der Waals surface area contributed by atoms with Crippen molar-refractivity contribution in [2.24, 2.45) is 0 Å². The molecular formula is C16H24N2O3. The maximum atomic E-state index is 12.9. The van der Waals surface area contributed by atoms with Gasteiger partial charge in [0.1, 0.15) is 11.5 Å². The van der Waals surface area contributed by atoms with Crippen molar-refractivity contribution in [3.8, 4) is 11.5 Å². The van der Waals surface area contributed by atoms with Crippen LogP contribution in [-0.2, 0) is 0 Å². The Bertz CT molecular complexity index is 486. The minimum Gasteiger partial charge on any atom is -0.497 e.